The molecule has 0 radical (unpaired) electrons. The van der Waals surface area contributed by atoms with Gasteiger partial charge in [-0.15, -0.1) is 0 Å². The molecule has 0 fully saturated rings. The van der Waals surface area contributed by atoms with Crippen molar-refractivity contribution in [1.82, 2.24) is 5.32 Å². The van der Waals surface area contributed by atoms with Crippen LogP contribution in [0.2, 0.25) is 0 Å². The Bertz CT molecular complexity index is 133. The predicted molar refractivity (Wildman–Crippen MR) is 41.6 cm³/mol. The first kappa shape index (κ1) is 5.85. The van der Waals surface area contributed by atoms with Crippen molar-refractivity contribution in [3.63, 3.8) is 0 Å². The van der Waals surface area contributed by atoms with Crippen molar-refractivity contribution < 1.29 is 0 Å². The van der Waals surface area contributed by atoms with Crippen LogP contribution in [0.15, 0.2) is 23.8 Å². The summed E-state index contributed by atoms with van der Waals surface area (Å²) in [5.74, 6) is 0. The maximum atomic E-state index is 4.84. The summed E-state index contributed by atoms with van der Waals surface area (Å²) >= 11 is 6.36. The zero-order chi connectivity index (χ0) is 5.82. The molecule has 0 atom stereocenters. The monoisotopic (exact) mass is 143 g/mol. The number of nitrogens with one attached hydrogen (secondary N) is 1. The minimum absolute atomic E-state index is 0.801. The van der Waals surface area contributed by atoms with E-state index in [0.717, 1.165) is 4.32 Å². The van der Waals surface area contributed by atoms with Gasteiger partial charge in [-0.1, -0.05) is 30.1 Å². The smallest absolute Gasteiger partial charge is 0.141 e. The van der Waals surface area contributed by atoms with E-state index in [9.17, 15) is 0 Å². The van der Waals surface area contributed by atoms with E-state index in [2.05, 4.69) is 5.32 Å². The average molecular weight is 143 g/mol. The molecule has 0 aromatic rings. The second kappa shape index (κ2) is 2.89. The Morgan fingerprint density at radius 3 is 3.25 bits per heavy atom. The molecule has 1 N–H and O–H groups in total. The lowest BCUT2D eigenvalue weighted by molar-refractivity contribution is 1.35. The highest BCUT2D eigenvalue weighted by molar-refractivity contribution is 8.24. The molecule has 1 heterocycles. The van der Waals surface area contributed by atoms with Gasteiger partial charge in [0.05, 0.1) is 0 Å². The summed E-state index contributed by atoms with van der Waals surface area (Å²) in [4.78, 5) is 0. The second-order valence-electron chi connectivity index (χ2n) is 1.24. The van der Waals surface area contributed by atoms with Crippen molar-refractivity contribution in [2.24, 2.45) is 0 Å². The van der Waals surface area contributed by atoms with Gasteiger partial charge in [0.2, 0.25) is 0 Å². The van der Waals surface area contributed by atoms with Crippen LogP contribution in [-0.4, -0.2) is 4.32 Å². The molecule has 0 spiro atoms. The number of hydrogen-bond acceptors (Lipinski definition) is 2. The number of hydrogen-bond donors (Lipinski definition) is 1. The molecule has 0 unspecified atom stereocenters. The minimum Gasteiger partial charge on any atom is -0.347 e. The van der Waals surface area contributed by atoms with E-state index in [0.29, 0.717) is 0 Å². The third-order valence-electron chi connectivity index (χ3n) is 0.662. The van der Waals surface area contributed by atoms with Crippen molar-refractivity contribution in [3.8, 4) is 0 Å². The first-order valence-electron chi connectivity index (χ1n) is 2.18. The van der Waals surface area contributed by atoms with Gasteiger partial charge in [0.25, 0.3) is 0 Å². The maximum Gasteiger partial charge on any atom is 0.141 e. The lowest BCUT2D eigenvalue weighted by Crippen LogP contribution is -2.07. The molecule has 0 saturated carbocycles. The molecular weight excluding hydrogens is 138 g/mol. The number of allylic oxidation sites excluding steroid dienone is 2. The Morgan fingerprint density at radius 1 is 1.50 bits per heavy atom. The van der Waals surface area contributed by atoms with Gasteiger partial charge in [-0.2, -0.15) is 0 Å². The lowest BCUT2D eigenvalue weighted by atomic mass is 10.6. The van der Waals surface area contributed by atoms with E-state index >= 15 is 0 Å². The molecule has 42 valence electrons. The minimum atomic E-state index is 0.801. The standard InChI is InChI=1S/C5H5NS2/c7-5-6-3-1-2-4-8-5/h1-4H,(H,6,7). The van der Waals surface area contributed by atoms with E-state index in [1.165, 1.54) is 11.8 Å². The molecule has 0 bridgehead atoms. The fourth-order valence-electron chi connectivity index (χ4n) is 0.352. The van der Waals surface area contributed by atoms with E-state index < -0.39 is 0 Å². The Hall–Kier alpha value is -0.280. The highest BCUT2D eigenvalue weighted by atomic mass is 32.2. The molecule has 0 amide bonds. The molecule has 0 aliphatic carbocycles. The maximum absolute atomic E-state index is 4.84. The van der Waals surface area contributed by atoms with Gasteiger partial charge < -0.3 is 5.32 Å². The van der Waals surface area contributed by atoms with Gasteiger partial charge in [0.1, 0.15) is 4.32 Å². The Labute approximate surface area is 57.8 Å². The largest absolute Gasteiger partial charge is 0.347 e. The molecule has 0 aromatic heterocycles. The fourth-order valence-corrected chi connectivity index (χ4v) is 1.02. The molecule has 8 heavy (non-hydrogen) atoms. The van der Waals surface area contributed by atoms with Gasteiger partial charge in [-0.3, -0.25) is 0 Å². The van der Waals surface area contributed by atoms with Gasteiger partial charge in [0, 0.05) is 6.20 Å². The van der Waals surface area contributed by atoms with Gasteiger partial charge in [0.15, 0.2) is 0 Å². The Morgan fingerprint density at radius 2 is 2.38 bits per heavy atom. The SMILES string of the molecule is S=C1NC=CC=CS1. The molecule has 0 aromatic carbocycles. The molecule has 0 saturated heterocycles. The van der Waals surface area contributed by atoms with Crippen LogP contribution in [0.5, 0.6) is 0 Å². The Balaban J connectivity index is 2.58. The van der Waals surface area contributed by atoms with E-state index in [4.69, 9.17) is 12.2 Å². The molecule has 1 aliphatic rings. The van der Waals surface area contributed by atoms with Gasteiger partial charge in [-0.05, 0) is 11.5 Å². The number of thiocarbonyl (C=S) groups is 1. The fraction of sp³-hybridized carbons (Fsp3) is 0. The number of thioether (sulfide) groups is 1. The number of rotatable bonds is 0. The van der Waals surface area contributed by atoms with E-state index in [1.807, 2.05) is 23.8 Å². The van der Waals surface area contributed by atoms with Gasteiger partial charge >= 0.3 is 0 Å². The summed E-state index contributed by atoms with van der Waals surface area (Å²) in [6.45, 7) is 0. The van der Waals surface area contributed by atoms with Crippen LogP contribution in [0.1, 0.15) is 0 Å². The van der Waals surface area contributed by atoms with Crippen LogP contribution in [0.4, 0.5) is 0 Å². The van der Waals surface area contributed by atoms with Crippen molar-refractivity contribution in [1.29, 1.82) is 0 Å². The molecular formula is C5H5NS2. The van der Waals surface area contributed by atoms with E-state index in [-0.39, 0.29) is 0 Å². The zero-order valence-corrected chi connectivity index (χ0v) is 5.76. The van der Waals surface area contributed by atoms with Crippen molar-refractivity contribution in [2.45, 2.75) is 0 Å². The summed E-state index contributed by atoms with van der Waals surface area (Å²) in [6, 6.07) is 0. The molecule has 1 rings (SSSR count). The second-order valence-corrected chi connectivity index (χ2v) is 2.82. The van der Waals surface area contributed by atoms with Crippen LogP contribution in [-0.2, 0) is 0 Å². The molecule has 3 heteroatoms. The third kappa shape index (κ3) is 1.68. The molecule has 1 aliphatic heterocycles. The van der Waals surface area contributed by atoms with Crippen LogP contribution in [0.25, 0.3) is 0 Å². The first-order valence-corrected chi connectivity index (χ1v) is 3.47. The van der Waals surface area contributed by atoms with Gasteiger partial charge in [-0.25, -0.2) is 0 Å². The van der Waals surface area contributed by atoms with Crippen molar-refractivity contribution in [2.75, 3.05) is 0 Å². The zero-order valence-electron chi connectivity index (χ0n) is 4.13. The lowest BCUT2D eigenvalue weighted by Gasteiger charge is -1.92. The van der Waals surface area contributed by atoms with E-state index in [1.54, 1.807) is 0 Å². The summed E-state index contributed by atoms with van der Waals surface area (Å²) in [6.07, 6.45) is 5.67. The highest BCUT2D eigenvalue weighted by Gasteiger charge is 1.89. The quantitative estimate of drug-likeness (QED) is 0.518. The van der Waals surface area contributed by atoms with Crippen molar-refractivity contribution in [3.05, 3.63) is 23.8 Å². The van der Waals surface area contributed by atoms with Crippen LogP contribution in [0.3, 0.4) is 0 Å². The highest BCUT2D eigenvalue weighted by Crippen LogP contribution is 2.05. The first-order chi connectivity index (χ1) is 3.89. The topological polar surface area (TPSA) is 12.0 Å². The summed E-state index contributed by atoms with van der Waals surface area (Å²) < 4.78 is 0.801. The summed E-state index contributed by atoms with van der Waals surface area (Å²) in [5.41, 5.74) is 0. The van der Waals surface area contributed by atoms with Crippen LogP contribution in [0, 0.1) is 0 Å². The Kier molecular flexibility index (Phi) is 2.11. The van der Waals surface area contributed by atoms with Crippen molar-refractivity contribution >= 4 is 28.3 Å². The molecule has 1 nitrogen and oxygen atoms in total. The van der Waals surface area contributed by atoms with Crippen LogP contribution >= 0.6 is 24.0 Å². The van der Waals surface area contributed by atoms with Crippen LogP contribution < -0.4 is 5.32 Å². The average Bonchev–Trinajstić information content (AvgIpc) is 1.94. The third-order valence-corrected chi connectivity index (χ3v) is 1.69. The summed E-state index contributed by atoms with van der Waals surface area (Å²) in [7, 11) is 0. The normalized spacial score (nSPS) is 17.8. The predicted octanol–water partition coefficient (Wildman–Crippen LogP) is 1.64. The summed E-state index contributed by atoms with van der Waals surface area (Å²) in [5, 5.41) is 4.84.